The lowest BCUT2D eigenvalue weighted by Gasteiger charge is -2.01. The van der Waals surface area contributed by atoms with Crippen molar-refractivity contribution >= 4 is 28.1 Å². The quantitative estimate of drug-likeness (QED) is 0.833. The fourth-order valence-corrected chi connectivity index (χ4v) is 2.38. The number of thiazole rings is 1. The van der Waals surface area contributed by atoms with Crippen molar-refractivity contribution in [1.82, 2.24) is 15.2 Å². The second-order valence-corrected chi connectivity index (χ2v) is 5.05. The summed E-state index contributed by atoms with van der Waals surface area (Å²) in [6.45, 7) is 5.65. The minimum absolute atomic E-state index is 0.351. The number of esters is 1. The average molecular weight is 266 g/mol. The second-order valence-electron chi connectivity index (χ2n) is 3.85. The van der Waals surface area contributed by atoms with E-state index in [0.29, 0.717) is 10.8 Å². The Morgan fingerprint density at radius 1 is 1.39 bits per heavy atom. The lowest BCUT2D eigenvalue weighted by Crippen LogP contribution is -2.03. The number of anilines is 2. The highest BCUT2D eigenvalue weighted by Gasteiger charge is 2.17. The van der Waals surface area contributed by atoms with Gasteiger partial charge in [0.2, 0.25) is 0 Å². The number of rotatable bonds is 3. The number of carbonyl (C=O) groups excluding carboxylic acids is 1. The number of nitrogens with one attached hydrogen (secondary N) is 2. The van der Waals surface area contributed by atoms with Crippen LogP contribution in [0.3, 0.4) is 0 Å². The van der Waals surface area contributed by atoms with Crippen LogP contribution < -0.4 is 5.32 Å². The SMILES string of the molecule is COC(=O)c1nc(Nc2c(C)n[nH]c2C)sc1C. The van der Waals surface area contributed by atoms with E-state index in [4.69, 9.17) is 0 Å². The molecule has 0 aromatic carbocycles. The second kappa shape index (κ2) is 4.77. The topological polar surface area (TPSA) is 79.9 Å². The van der Waals surface area contributed by atoms with E-state index in [1.807, 2.05) is 20.8 Å². The van der Waals surface area contributed by atoms with Crippen LogP contribution in [0.4, 0.5) is 10.8 Å². The Balaban J connectivity index is 2.28. The molecule has 0 saturated carbocycles. The smallest absolute Gasteiger partial charge is 0.357 e. The van der Waals surface area contributed by atoms with E-state index >= 15 is 0 Å². The van der Waals surface area contributed by atoms with Crippen molar-refractivity contribution in [2.24, 2.45) is 0 Å². The van der Waals surface area contributed by atoms with Gasteiger partial charge in [0.1, 0.15) is 0 Å². The Morgan fingerprint density at radius 3 is 2.67 bits per heavy atom. The number of ether oxygens (including phenoxy) is 1. The Morgan fingerprint density at radius 2 is 2.11 bits per heavy atom. The van der Waals surface area contributed by atoms with Crippen molar-refractivity contribution in [3.63, 3.8) is 0 Å². The van der Waals surface area contributed by atoms with Gasteiger partial charge in [-0.25, -0.2) is 9.78 Å². The maximum atomic E-state index is 11.5. The lowest BCUT2D eigenvalue weighted by atomic mass is 10.3. The molecule has 0 bridgehead atoms. The molecule has 2 aromatic heterocycles. The van der Waals surface area contributed by atoms with Crippen molar-refractivity contribution in [2.75, 3.05) is 12.4 Å². The minimum Gasteiger partial charge on any atom is -0.464 e. The van der Waals surface area contributed by atoms with E-state index in [2.05, 4.69) is 25.2 Å². The molecule has 2 aromatic rings. The molecule has 18 heavy (non-hydrogen) atoms. The van der Waals surface area contributed by atoms with Crippen molar-refractivity contribution < 1.29 is 9.53 Å². The molecule has 6 nitrogen and oxygen atoms in total. The van der Waals surface area contributed by atoms with Gasteiger partial charge < -0.3 is 10.1 Å². The number of nitrogens with zero attached hydrogens (tertiary/aromatic N) is 2. The van der Waals surface area contributed by atoms with Crippen LogP contribution in [0.5, 0.6) is 0 Å². The molecule has 96 valence electrons. The number of aryl methyl sites for hydroxylation is 3. The summed E-state index contributed by atoms with van der Waals surface area (Å²) in [4.78, 5) is 16.5. The molecule has 0 aliphatic rings. The molecule has 0 unspecified atom stereocenters. The summed E-state index contributed by atoms with van der Waals surface area (Å²) in [6, 6.07) is 0. The van der Waals surface area contributed by atoms with Crippen molar-refractivity contribution in [1.29, 1.82) is 0 Å². The van der Waals surface area contributed by atoms with Gasteiger partial charge in [0.05, 0.1) is 24.2 Å². The molecule has 0 saturated heterocycles. The highest BCUT2D eigenvalue weighted by molar-refractivity contribution is 7.15. The van der Waals surface area contributed by atoms with E-state index in [1.54, 1.807) is 0 Å². The van der Waals surface area contributed by atoms with Crippen LogP contribution >= 0.6 is 11.3 Å². The van der Waals surface area contributed by atoms with Crippen molar-refractivity contribution in [3.05, 3.63) is 22.0 Å². The number of aromatic nitrogens is 3. The zero-order valence-corrected chi connectivity index (χ0v) is 11.4. The van der Waals surface area contributed by atoms with Gasteiger partial charge in [-0.15, -0.1) is 11.3 Å². The van der Waals surface area contributed by atoms with E-state index < -0.39 is 5.97 Å². The van der Waals surface area contributed by atoms with Crippen LogP contribution in [0.15, 0.2) is 0 Å². The summed E-state index contributed by atoms with van der Waals surface area (Å²) in [5.74, 6) is -0.419. The third-order valence-electron chi connectivity index (χ3n) is 2.54. The van der Waals surface area contributed by atoms with Crippen LogP contribution in [-0.2, 0) is 4.74 Å². The van der Waals surface area contributed by atoms with Gasteiger partial charge in [0.15, 0.2) is 10.8 Å². The van der Waals surface area contributed by atoms with Gasteiger partial charge >= 0.3 is 5.97 Å². The molecule has 2 N–H and O–H groups in total. The van der Waals surface area contributed by atoms with Gasteiger partial charge in [-0.1, -0.05) is 0 Å². The Labute approximate surface area is 108 Å². The normalized spacial score (nSPS) is 10.4. The molecule has 0 spiro atoms. The molecule has 0 atom stereocenters. The van der Waals surface area contributed by atoms with Crippen molar-refractivity contribution in [2.45, 2.75) is 20.8 Å². The molecule has 0 aliphatic carbocycles. The number of hydrogen-bond donors (Lipinski definition) is 2. The standard InChI is InChI=1S/C11H14N4O2S/c1-5-8(6(2)15-14-5)12-11-13-9(7(3)18-11)10(16)17-4/h1-4H3,(H,12,13)(H,14,15). The molecule has 2 heterocycles. The van der Waals surface area contributed by atoms with E-state index in [-0.39, 0.29) is 0 Å². The third kappa shape index (κ3) is 2.21. The summed E-state index contributed by atoms with van der Waals surface area (Å²) in [7, 11) is 1.35. The summed E-state index contributed by atoms with van der Waals surface area (Å²) >= 11 is 1.41. The fraction of sp³-hybridized carbons (Fsp3) is 0.364. The van der Waals surface area contributed by atoms with Crippen LogP contribution in [0.25, 0.3) is 0 Å². The fourth-order valence-electron chi connectivity index (χ4n) is 1.58. The summed E-state index contributed by atoms with van der Waals surface area (Å²) < 4.78 is 4.67. The first-order chi connectivity index (χ1) is 8.52. The molecule has 2 rings (SSSR count). The van der Waals surface area contributed by atoms with Gasteiger partial charge in [-0.3, -0.25) is 5.10 Å². The van der Waals surface area contributed by atoms with Crippen LogP contribution in [0, 0.1) is 20.8 Å². The lowest BCUT2D eigenvalue weighted by molar-refractivity contribution is 0.0594. The summed E-state index contributed by atoms with van der Waals surface area (Å²) in [5, 5.41) is 10.8. The van der Waals surface area contributed by atoms with Crippen molar-refractivity contribution in [3.8, 4) is 0 Å². The van der Waals surface area contributed by atoms with Gasteiger partial charge in [0, 0.05) is 4.88 Å². The number of aromatic amines is 1. The molecule has 0 radical (unpaired) electrons. The average Bonchev–Trinajstić information content (AvgIpc) is 2.86. The zero-order chi connectivity index (χ0) is 13.3. The molecule has 0 fully saturated rings. The first-order valence-electron chi connectivity index (χ1n) is 5.37. The first kappa shape index (κ1) is 12.6. The monoisotopic (exact) mass is 266 g/mol. The van der Waals surface area contributed by atoms with Gasteiger partial charge in [0.25, 0.3) is 0 Å². The van der Waals surface area contributed by atoms with Gasteiger partial charge in [-0.2, -0.15) is 5.10 Å². The predicted molar refractivity (Wildman–Crippen MR) is 69.5 cm³/mol. The maximum absolute atomic E-state index is 11.5. The highest BCUT2D eigenvalue weighted by atomic mass is 32.1. The number of methoxy groups -OCH3 is 1. The minimum atomic E-state index is -0.419. The summed E-state index contributed by atoms with van der Waals surface area (Å²) in [6.07, 6.45) is 0. The Bertz CT molecular complexity index is 568. The Kier molecular flexibility index (Phi) is 3.33. The molecule has 0 amide bonds. The predicted octanol–water partition coefficient (Wildman–Crippen LogP) is 2.32. The number of H-pyrrole nitrogens is 1. The summed E-state index contributed by atoms with van der Waals surface area (Å²) in [5.41, 5.74) is 3.03. The largest absolute Gasteiger partial charge is 0.464 e. The maximum Gasteiger partial charge on any atom is 0.357 e. The first-order valence-corrected chi connectivity index (χ1v) is 6.19. The van der Waals surface area contributed by atoms with E-state index in [0.717, 1.165) is 22.0 Å². The van der Waals surface area contributed by atoms with E-state index in [9.17, 15) is 4.79 Å². The molecule has 0 aliphatic heterocycles. The third-order valence-corrected chi connectivity index (χ3v) is 3.42. The zero-order valence-electron chi connectivity index (χ0n) is 10.6. The Hall–Kier alpha value is -1.89. The van der Waals surface area contributed by atoms with E-state index in [1.165, 1.54) is 18.4 Å². The van der Waals surface area contributed by atoms with Crippen LogP contribution in [0.2, 0.25) is 0 Å². The molecule has 7 heteroatoms. The van der Waals surface area contributed by atoms with Crippen LogP contribution in [-0.4, -0.2) is 28.3 Å². The number of hydrogen-bond acceptors (Lipinski definition) is 6. The molecular weight excluding hydrogens is 252 g/mol. The van der Waals surface area contributed by atoms with Crippen LogP contribution in [0.1, 0.15) is 26.8 Å². The number of carbonyl (C=O) groups is 1. The molecular formula is C11H14N4O2S. The van der Waals surface area contributed by atoms with Gasteiger partial charge in [-0.05, 0) is 20.8 Å². The highest BCUT2D eigenvalue weighted by Crippen LogP contribution is 2.28.